The summed E-state index contributed by atoms with van der Waals surface area (Å²) in [6, 6.07) is 17.5. The number of benzene rings is 2. The molecule has 3 aromatic rings. The monoisotopic (exact) mass is 389 g/mol. The van der Waals surface area contributed by atoms with Gasteiger partial charge in [-0.3, -0.25) is 0 Å². The zero-order chi connectivity index (χ0) is 20.1. The zero-order valence-electron chi connectivity index (χ0n) is 17.1. The number of aromatic nitrogens is 1. The van der Waals surface area contributed by atoms with Gasteiger partial charge in [-0.15, -0.1) is 0 Å². The highest BCUT2D eigenvalue weighted by molar-refractivity contribution is 6.92. The SMILES string of the molecule is CC[Si](CC)(CC)c1cccc(C(=O)OC)c1C#Cc1ccc2cc[nH]c2c1. The summed E-state index contributed by atoms with van der Waals surface area (Å²) in [7, 11) is -0.289. The van der Waals surface area contributed by atoms with Crippen LogP contribution in [0.15, 0.2) is 48.7 Å². The number of carbonyl (C=O) groups excluding carboxylic acids is 1. The van der Waals surface area contributed by atoms with Crippen molar-refractivity contribution in [3.63, 3.8) is 0 Å². The van der Waals surface area contributed by atoms with Crippen LogP contribution in [0.25, 0.3) is 10.9 Å². The van der Waals surface area contributed by atoms with Gasteiger partial charge in [0.15, 0.2) is 0 Å². The molecule has 0 aliphatic carbocycles. The second-order valence-electron chi connectivity index (χ2n) is 7.09. The van der Waals surface area contributed by atoms with Gasteiger partial charge < -0.3 is 9.72 Å². The highest BCUT2D eigenvalue weighted by atomic mass is 28.3. The van der Waals surface area contributed by atoms with E-state index >= 15 is 0 Å². The molecule has 0 spiro atoms. The number of fused-ring (bicyclic) bond motifs is 1. The number of carbonyl (C=O) groups is 1. The molecule has 0 aliphatic rings. The molecule has 0 fully saturated rings. The minimum atomic E-state index is -1.72. The molecule has 0 radical (unpaired) electrons. The van der Waals surface area contributed by atoms with E-state index in [9.17, 15) is 4.79 Å². The molecule has 1 heterocycles. The Bertz CT molecular complexity index is 1040. The number of aromatic amines is 1. The number of hydrogen-bond donors (Lipinski definition) is 1. The largest absolute Gasteiger partial charge is 0.465 e. The maximum Gasteiger partial charge on any atom is 0.339 e. The minimum Gasteiger partial charge on any atom is -0.465 e. The summed E-state index contributed by atoms with van der Waals surface area (Å²) in [6.45, 7) is 6.79. The molecule has 0 unspecified atom stereocenters. The van der Waals surface area contributed by atoms with Crippen molar-refractivity contribution in [3.05, 3.63) is 65.4 Å². The first-order valence-corrected chi connectivity index (χ1v) is 12.5. The predicted octanol–water partition coefficient (Wildman–Crippen LogP) is 5.07. The van der Waals surface area contributed by atoms with Crippen molar-refractivity contribution in [1.29, 1.82) is 0 Å². The normalized spacial score (nSPS) is 11.1. The van der Waals surface area contributed by atoms with Gasteiger partial charge in [-0.1, -0.05) is 68.9 Å². The first kappa shape index (κ1) is 20.0. The van der Waals surface area contributed by atoms with Gasteiger partial charge in [-0.05, 0) is 34.8 Å². The quantitative estimate of drug-likeness (QED) is 0.376. The summed E-state index contributed by atoms with van der Waals surface area (Å²) < 4.78 is 5.05. The van der Waals surface area contributed by atoms with E-state index < -0.39 is 8.07 Å². The average molecular weight is 390 g/mol. The Kier molecular flexibility index (Phi) is 6.06. The van der Waals surface area contributed by atoms with E-state index in [0.717, 1.165) is 40.2 Å². The summed E-state index contributed by atoms with van der Waals surface area (Å²) in [4.78, 5) is 15.7. The highest BCUT2D eigenvalue weighted by Gasteiger charge is 2.32. The molecular formula is C24H27NO2Si. The lowest BCUT2D eigenvalue weighted by Gasteiger charge is -2.30. The minimum absolute atomic E-state index is 0.322. The molecule has 0 amide bonds. The summed E-state index contributed by atoms with van der Waals surface area (Å²) in [5.41, 5.74) is 3.41. The molecule has 3 nitrogen and oxygen atoms in total. The summed E-state index contributed by atoms with van der Waals surface area (Å²) in [5.74, 6) is 6.32. The zero-order valence-corrected chi connectivity index (χ0v) is 18.1. The number of ether oxygens (including phenoxy) is 1. The van der Waals surface area contributed by atoms with Crippen molar-refractivity contribution in [3.8, 4) is 11.8 Å². The molecule has 3 rings (SSSR count). The smallest absolute Gasteiger partial charge is 0.339 e. The van der Waals surface area contributed by atoms with Gasteiger partial charge in [0.1, 0.15) is 0 Å². The summed E-state index contributed by atoms with van der Waals surface area (Å²) >= 11 is 0. The molecule has 2 aromatic carbocycles. The Balaban J connectivity index is 2.18. The van der Waals surface area contributed by atoms with Gasteiger partial charge >= 0.3 is 5.97 Å². The van der Waals surface area contributed by atoms with Crippen LogP contribution in [0.3, 0.4) is 0 Å². The van der Waals surface area contributed by atoms with Crippen LogP contribution in [0.4, 0.5) is 0 Å². The Morgan fingerprint density at radius 1 is 1.04 bits per heavy atom. The lowest BCUT2D eigenvalue weighted by atomic mass is 10.1. The van der Waals surface area contributed by atoms with E-state index in [0.29, 0.717) is 5.56 Å². The molecule has 0 bridgehead atoms. The number of methoxy groups -OCH3 is 1. The molecule has 0 atom stereocenters. The topological polar surface area (TPSA) is 42.1 Å². The van der Waals surface area contributed by atoms with Crippen LogP contribution < -0.4 is 5.19 Å². The number of H-pyrrole nitrogens is 1. The van der Waals surface area contributed by atoms with E-state index in [1.807, 2.05) is 36.5 Å². The van der Waals surface area contributed by atoms with E-state index in [1.165, 1.54) is 12.3 Å². The second kappa shape index (κ2) is 8.49. The Labute approximate surface area is 168 Å². The number of nitrogens with one attached hydrogen (secondary N) is 1. The van der Waals surface area contributed by atoms with E-state index in [4.69, 9.17) is 4.74 Å². The molecule has 28 heavy (non-hydrogen) atoms. The number of rotatable bonds is 5. The van der Waals surface area contributed by atoms with Crippen molar-refractivity contribution >= 4 is 30.1 Å². The first-order valence-electron chi connectivity index (χ1n) is 9.89. The highest BCUT2D eigenvalue weighted by Crippen LogP contribution is 2.23. The third-order valence-corrected chi connectivity index (χ3v) is 11.6. The van der Waals surface area contributed by atoms with E-state index in [2.05, 4.69) is 49.7 Å². The Morgan fingerprint density at radius 3 is 2.46 bits per heavy atom. The van der Waals surface area contributed by atoms with Gasteiger partial charge in [-0.25, -0.2) is 4.79 Å². The van der Waals surface area contributed by atoms with Crippen molar-refractivity contribution in [2.24, 2.45) is 0 Å². The standard InChI is InChI=1S/C24H27NO2Si/c1-5-28(6-2,7-3)23-10-8-9-21(24(26)27-4)20(23)14-12-18-11-13-19-15-16-25-22(19)17-18/h8-11,13,15-17,25H,5-7H2,1-4H3. The van der Waals surface area contributed by atoms with Gasteiger partial charge in [0.25, 0.3) is 0 Å². The molecule has 144 valence electrons. The van der Waals surface area contributed by atoms with E-state index in [1.54, 1.807) is 0 Å². The third kappa shape index (κ3) is 3.63. The summed E-state index contributed by atoms with van der Waals surface area (Å²) in [5, 5.41) is 2.44. The predicted molar refractivity (Wildman–Crippen MR) is 119 cm³/mol. The van der Waals surface area contributed by atoms with E-state index in [-0.39, 0.29) is 5.97 Å². The maximum absolute atomic E-state index is 12.5. The maximum atomic E-state index is 12.5. The molecule has 0 saturated carbocycles. The van der Waals surface area contributed by atoms with Crippen LogP contribution >= 0.6 is 0 Å². The van der Waals surface area contributed by atoms with Crippen molar-refractivity contribution < 1.29 is 9.53 Å². The van der Waals surface area contributed by atoms with Crippen LogP contribution in [0.1, 0.15) is 42.3 Å². The fourth-order valence-corrected chi connectivity index (χ4v) is 7.81. The lowest BCUT2D eigenvalue weighted by Crippen LogP contribution is -2.47. The average Bonchev–Trinajstić information content (AvgIpc) is 3.21. The van der Waals surface area contributed by atoms with Crippen molar-refractivity contribution in [2.45, 2.75) is 38.9 Å². The molecular weight excluding hydrogens is 362 g/mol. The molecule has 1 N–H and O–H groups in total. The molecule has 0 aliphatic heterocycles. The van der Waals surface area contributed by atoms with Crippen LogP contribution in [0.2, 0.25) is 18.1 Å². The fraction of sp³-hybridized carbons (Fsp3) is 0.292. The van der Waals surface area contributed by atoms with Crippen LogP contribution in [-0.4, -0.2) is 26.1 Å². The molecule has 4 heteroatoms. The van der Waals surface area contributed by atoms with Crippen LogP contribution in [-0.2, 0) is 4.74 Å². The van der Waals surface area contributed by atoms with Gasteiger partial charge in [0.2, 0.25) is 0 Å². The van der Waals surface area contributed by atoms with Gasteiger partial charge in [0.05, 0.1) is 20.7 Å². The fourth-order valence-electron chi connectivity index (χ4n) is 3.99. The van der Waals surface area contributed by atoms with Gasteiger partial charge in [-0.2, -0.15) is 0 Å². The van der Waals surface area contributed by atoms with Crippen LogP contribution in [0, 0.1) is 11.8 Å². The number of esters is 1. The molecule has 1 aromatic heterocycles. The van der Waals surface area contributed by atoms with Crippen molar-refractivity contribution in [2.75, 3.05) is 7.11 Å². The Morgan fingerprint density at radius 2 is 1.79 bits per heavy atom. The van der Waals surface area contributed by atoms with Gasteiger partial charge in [0, 0.05) is 22.8 Å². The number of hydrogen-bond acceptors (Lipinski definition) is 2. The third-order valence-electron chi connectivity index (χ3n) is 5.96. The lowest BCUT2D eigenvalue weighted by molar-refractivity contribution is 0.0600. The Hall–Kier alpha value is -2.77. The van der Waals surface area contributed by atoms with Crippen LogP contribution in [0.5, 0.6) is 0 Å². The second-order valence-corrected chi connectivity index (χ2v) is 12.3. The summed E-state index contributed by atoms with van der Waals surface area (Å²) in [6.07, 6.45) is 1.93. The first-order chi connectivity index (χ1) is 13.6. The molecule has 0 saturated heterocycles. The van der Waals surface area contributed by atoms with Crippen molar-refractivity contribution in [1.82, 2.24) is 4.98 Å².